The molecule has 7 rings (SSSR count). The molecule has 4 aromatic rings. The van der Waals surface area contributed by atoms with Crippen LogP contribution in [0.3, 0.4) is 0 Å². The van der Waals surface area contributed by atoms with Gasteiger partial charge in [0.05, 0.1) is 37.3 Å². The van der Waals surface area contributed by atoms with Crippen molar-refractivity contribution in [1.29, 1.82) is 0 Å². The van der Waals surface area contributed by atoms with Crippen LogP contribution in [0.2, 0.25) is 0 Å². The lowest BCUT2D eigenvalue weighted by molar-refractivity contribution is -0.129. The second kappa shape index (κ2) is 12.0. The molecule has 6 heterocycles. The first-order valence-corrected chi connectivity index (χ1v) is 16.6. The summed E-state index contributed by atoms with van der Waals surface area (Å²) in [6.45, 7) is 10.7. The molecule has 0 aliphatic carbocycles. The number of hydrogen-bond donors (Lipinski definition) is 0. The Hall–Kier alpha value is -4.81. The summed E-state index contributed by atoms with van der Waals surface area (Å²) in [4.78, 5) is 37.5. The fraction of sp³-hybridized carbons (Fsp3) is 0.486. The fourth-order valence-electron chi connectivity index (χ4n) is 7.14. The number of hydrogen-bond acceptors (Lipinski definition) is 8. The van der Waals surface area contributed by atoms with E-state index >= 15 is 4.39 Å². The molecule has 0 N–H and O–H groups in total. The average molecular weight is 659 g/mol. The minimum absolute atomic E-state index is 0.0166. The largest absolute Gasteiger partial charge is 0.495 e. The molecule has 0 atom stereocenters. The molecule has 3 aromatic heterocycles. The lowest BCUT2D eigenvalue weighted by Crippen LogP contribution is -2.42. The highest BCUT2D eigenvalue weighted by molar-refractivity contribution is 5.86. The van der Waals surface area contributed by atoms with Crippen molar-refractivity contribution in [2.45, 2.75) is 65.1 Å². The monoisotopic (exact) mass is 658 g/mol. The van der Waals surface area contributed by atoms with Crippen LogP contribution >= 0.6 is 0 Å². The van der Waals surface area contributed by atoms with Gasteiger partial charge >= 0.3 is 6.09 Å². The summed E-state index contributed by atoms with van der Waals surface area (Å²) in [6.07, 6.45) is 7.20. The molecule has 3 aliphatic rings. The van der Waals surface area contributed by atoms with Gasteiger partial charge in [-0.1, -0.05) is 0 Å². The van der Waals surface area contributed by atoms with E-state index in [9.17, 15) is 9.59 Å². The maximum absolute atomic E-state index is 16.3. The highest BCUT2D eigenvalue weighted by atomic mass is 19.1. The Morgan fingerprint density at radius 2 is 1.75 bits per heavy atom. The number of methoxy groups -OCH3 is 1. The minimum Gasteiger partial charge on any atom is -0.495 e. The molecular weight excluding hydrogens is 615 g/mol. The number of benzene rings is 1. The first-order valence-electron chi connectivity index (χ1n) is 16.6. The van der Waals surface area contributed by atoms with Gasteiger partial charge < -0.3 is 33.5 Å². The zero-order valence-electron chi connectivity index (χ0n) is 28.5. The Balaban J connectivity index is 1.26. The smallest absolute Gasteiger partial charge is 0.410 e. The van der Waals surface area contributed by atoms with Crippen LogP contribution in [0, 0.1) is 5.82 Å². The molecule has 254 valence electrons. The molecule has 0 radical (unpaired) electrons. The number of likely N-dealkylation sites (tertiary alicyclic amines) is 1. The van der Waals surface area contributed by atoms with Crippen LogP contribution in [-0.4, -0.2) is 93.4 Å². The zero-order chi connectivity index (χ0) is 33.9. The number of aromatic nitrogens is 4. The number of imidazole rings is 1. The van der Waals surface area contributed by atoms with Crippen LogP contribution in [-0.2, 0) is 22.5 Å². The van der Waals surface area contributed by atoms with Crippen molar-refractivity contribution in [2.75, 3.05) is 56.7 Å². The molecule has 13 heteroatoms. The third kappa shape index (κ3) is 5.68. The number of nitrogens with zero attached hydrogens (tertiary/aromatic N) is 8. The highest BCUT2D eigenvalue weighted by Gasteiger charge is 2.36. The van der Waals surface area contributed by atoms with E-state index in [0.29, 0.717) is 68.2 Å². The molecule has 1 fully saturated rings. The lowest BCUT2D eigenvalue weighted by atomic mass is 10.0. The van der Waals surface area contributed by atoms with Crippen molar-refractivity contribution in [2.24, 2.45) is 0 Å². The third-order valence-corrected chi connectivity index (χ3v) is 9.66. The lowest BCUT2D eigenvalue weighted by Gasteiger charge is -2.37. The zero-order valence-corrected chi connectivity index (χ0v) is 28.5. The molecule has 0 spiro atoms. The number of rotatable bonds is 4. The Bertz CT molecular complexity index is 1890. The Kier molecular flexibility index (Phi) is 7.95. The number of ether oxygens (including phenoxy) is 2. The third-order valence-electron chi connectivity index (χ3n) is 9.66. The molecular formula is C35H43FN8O4. The van der Waals surface area contributed by atoms with Gasteiger partial charge in [0.15, 0.2) is 5.82 Å². The molecule has 1 aromatic carbocycles. The average Bonchev–Trinajstić information content (AvgIpc) is 3.67. The number of fused-ring (bicyclic) bond motifs is 3. The maximum atomic E-state index is 16.3. The van der Waals surface area contributed by atoms with Crippen molar-refractivity contribution in [3.8, 4) is 16.9 Å². The quantitative estimate of drug-likeness (QED) is 0.287. The number of carbonyl (C=O) groups excluding carboxylic acids is 2. The number of halogens is 1. The second-order valence-electron chi connectivity index (χ2n) is 13.9. The van der Waals surface area contributed by atoms with E-state index < -0.39 is 5.60 Å². The van der Waals surface area contributed by atoms with Gasteiger partial charge in [-0.25, -0.2) is 14.2 Å². The molecule has 12 nitrogen and oxygen atoms in total. The van der Waals surface area contributed by atoms with E-state index in [1.165, 1.54) is 0 Å². The van der Waals surface area contributed by atoms with Gasteiger partial charge in [-0.2, -0.15) is 5.10 Å². The van der Waals surface area contributed by atoms with Crippen molar-refractivity contribution >= 4 is 34.8 Å². The number of amides is 2. The Labute approximate surface area is 279 Å². The molecule has 0 saturated carbocycles. The number of carbonyl (C=O) groups is 2. The van der Waals surface area contributed by atoms with Crippen LogP contribution in [0.1, 0.15) is 57.8 Å². The predicted octanol–water partition coefficient (Wildman–Crippen LogP) is 5.41. The van der Waals surface area contributed by atoms with Crippen molar-refractivity contribution < 1.29 is 23.5 Å². The number of anilines is 3. The molecule has 0 unspecified atom stereocenters. The Morgan fingerprint density at radius 1 is 0.979 bits per heavy atom. The van der Waals surface area contributed by atoms with Crippen LogP contribution in [0.4, 0.5) is 26.4 Å². The first-order chi connectivity index (χ1) is 22.9. The van der Waals surface area contributed by atoms with Gasteiger partial charge in [-0.15, -0.1) is 0 Å². The summed E-state index contributed by atoms with van der Waals surface area (Å²) in [5.74, 6) is 0.937. The molecule has 1 saturated heterocycles. The van der Waals surface area contributed by atoms with E-state index in [0.717, 1.165) is 41.3 Å². The summed E-state index contributed by atoms with van der Waals surface area (Å²) in [5, 5.41) is 5.25. The van der Waals surface area contributed by atoms with Crippen LogP contribution in [0.15, 0.2) is 36.8 Å². The number of pyridine rings is 1. The van der Waals surface area contributed by atoms with Gasteiger partial charge in [-0.3, -0.25) is 9.48 Å². The van der Waals surface area contributed by atoms with E-state index in [1.807, 2.05) is 61.6 Å². The summed E-state index contributed by atoms with van der Waals surface area (Å²) < 4.78 is 31.5. The van der Waals surface area contributed by atoms with Crippen LogP contribution in [0.25, 0.3) is 16.8 Å². The first kappa shape index (κ1) is 31.8. The van der Waals surface area contributed by atoms with E-state index in [1.54, 1.807) is 31.2 Å². The topological polar surface area (TPSA) is 101 Å². The summed E-state index contributed by atoms with van der Waals surface area (Å²) in [7, 11) is 3.59. The predicted molar refractivity (Wildman–Crippen MR) is 181 cm³/mol. The molecule has 3 aliphatic heterocycles. The molecule has 0 bridgehead atoms. The fourth-order valence-corrected chi connectivity index (χ4v) is 7.14. The van der Waals surface area contributed by atoms with Gasteiger partial charge in [0.1, 0.15) is 22.8 Å². The van der Waals surface area contributed by atoms with Crippen molar-refractivity contribution in [3.05, 3.63) is 53.9 Å². The van der Waals surface area contributed by atoms with Gasteiger partial charge in [0.2, 0.25) is 5.91 Å². The highest BCUT2D eigenvalue weighted by Crippen LogP contribution is 2.45. The van der Waals surface area contributed by atoms with Crippen molar-refractivity contribution in [1.82, 2.24) is 29.0 Å². The van der Waals surface area contributed by atoms with E-state index in [2.05, 4.69) is 19.5 Å². The number of piperidine rings is 1. The minimum atomic E-state index is -0.551. The second-order valence-corrected chi connectivity index (χ2v) is 13.9. The SMILES string of the molecule is COc1cn2ccnc2cc1-c1cc2c(cc1F)N(c1nn(C3CCN(C(=O)OC(C)(C)C)CC3)c3c1CN(C(C)=O)CC3)CCN2C. The van der Waals surface area contributed by atoms with Crippen LogP contribution in [0.5, 0.6) is 5.75 Å². The van der Waals surface area contributed by atoms with Gasteiger partial charge in [0, 0.05) is 94.0 Å². The summed E-state index contributed by atoms with van der Waals surface area (Å²) in [6, 6.07) is 5.40. The van der Waals surface area contributed by atoms with Gasteiger partial charge in [0.25, 0.3) is 0 Å². The standard InChI is InChI=1S/C35H43FN8O4/c1-22(45)41-13-9-28-26(20-41)33(38-44(28)23-7-11-40(12-8-23)34(46)48-35(2,3)4)43-16-15-39(5)29-17-24(27(36)19-30(29)43)25-18-32-37-10-14-42(32)21-31(25)47-6/h10,14,17-19,21,23H,7-9,11-13,15-16,20H2,1-6H3. The van der Waals surface area contributed by atoms with Crippen LogP contribution < -0.4 is 14.5 Å². The summed E-state index contributed by atoms with van der Waals surface area (Å²) in [5.41, 5.74) is 4.89. The van der Waals surface area contributed by atoms with E-state index in [-0.39, 0.29) is 23.9 Å². The van der Waals surface area contributed by atoms with Crippen molar-refractivity contribution in [3.63, 3.8) is 0 Å². The normalized spacial score (nSPS) is 17.1. The maximum Gasteiger partial charge on any atom is 0.410 e. The van der Waals surface area contributed by atoms with E-state index in [4.69, 9.17) is 14.6 Å². The molecule has 48 heavy (non-hydrogen) atoms. The summed E-state index contributed by atoms with van der Waals surface area (Å²) >= 11 is 0. The Morgan fingerprint density at radius 3 is 2.46 bits per heavy atom. The molecule has 2 amide bonds. The van der Waals surface area contributed by atoms with Gasteiger partial charge in [-0.05, 0) is 45.7 Å². The number of likely N-dealkylation sites (N-methyl/N-ethyl adjacent to an activating group) is 1.